The molecule has 32 heavy (non-hydrogen) atoms. The Morgan fingerprint density at radius 3 is 2.31 bits per heavy atom. The van der Waals surface area contributed by atoms with Gasteiger partial charge in [-0.3, -0.25) is 9.78 Å². The molecule has 1 N–H and O–H groups in total. The van der Waals surface area contributed by atoms with Crippen LogP contribution in [-0.4, -0.2) is 27.5 Å². The number of alkyl halides is 6. The number of ether oxygens (including phenoxy) is 2. The van der Waals surface area contributed by atoms with Gasteiger partial charge in [-0.15, -0.1) is 13.2 Å². The molecule has 14 heteroatoms. The van der Waals surface area contributed by atoms with E-state index in [1.807, 2.05) is 0 Å². The minimum Gasteiger partial charge on any atom is -0.455 e. The first-order valence-corrected chi connectivity index (χ1v) is 8.68. The molecule has 0 aliphatic rings. The van der Waals surface area contributed by atoms with E-state index in [4.69, 9.17) is 16.3 Å². The largest absolute Gasteiger partial charge is 0.573 e. The van der Waals surface area contributed by atoms with E-state index in [9.17, 15) is 31.1 Å². The van der Waals surface area contributed by atoms with Crippen LogP contribution in [0.2, 0.25) is 5.02 Å². The van der Waals surface area contributed by atoms with Crippen molar-refractivity contribution >= 4 is 23.2 Å². The summed E-state index contributed by atoms with van der Waals surface area (Å²) in [4.78, 5) is 15.8. The van der Waals surface area contributed by atoms with E-state index in [0.29, 0.717) is 12.3 Å². The van der Waals surface area contributed by atoms with Crippen molar-refractivity contribution in [1.82, 2.24) is 15.2 Å². The highest BCUT2D eigenvalue weighted by Gasteiger charge is 2.34. The first-order chi connectivity index (χ1) is 14.9. The maximum atomic E-state index is 13.1. The van der Waals surface area contributed by atoms with Crippen LogP contribution in [0.15, 0.2) is 48.9 Å². The van der Waals surface area contributed by atoms with Gasteiger partial charge in [0.25, 0.3) is 5.91 Å². The highest BCUT2D eigenvalue weighted by Crippen LogP contribution is 2.37. The van der Waals surface area contributed by atoms with Gasteiger partial charge in [-0.2, -0.15) is 23.4 Å². The molecule has 0 saturated heterocycles. The molecule has 2 heterocycles. The predicted molar refractivity (Wildman–Crippen MR) is 97.4 cm³/mol. The lowest BCUT2D eigenvalue weighted by Gasteiger charge is -2.15. The number of amides is 1. The van der Waals surface area contributed by atoms with Crippen molar-refractivity contribution in [1.29, 1.82) is 0 Å². The second kappa shape index (κ2) is 8.86. The summed E-state index contributed by atoms with van der Waals surface area (Å²) in [5, 5.41) is 9.02. The van der Waals surface area contributed by atoms with Gasteiger partial charge in [0.05, 0.1) is 23.1 Å². The van der Waals surface area contributed by atoms with E-state index in [1.54, 1.807) is 0 Å². The Balaban J connectivity index is 1.95. The third-order valence-corrected chi connectivity index (χ3v) is 3.90. The molecule has 0 fully saturated rings. The summed E-state index contributed by atoms with van der Waals surface area (Å²) in [6.07, 6.45) is -6.76. The van der Waals surface area contributed by atoms with E-state index >= 15 is 0 Å². The fourth-order valence-corrected chi connectivity index (χ4v) is 2.50. The summed E-state index contributed by atoms with van der Waals surface area (Å²) in [6.45, 7) is 0. The highest BCUT2D eigenvalue weighted by molar-refractivity contribution is 6.32. The van der Waals surface area contributed by atoms with Gasteiger partial charge in [0.15, 0.2) is 0 Å². The van der Waals surface area contributed by atoms with E-state index in [-0.39, 0.29) is 11.4 Å². The monoisotopic (exact) mass is 478 g/mol. The molecule has 3 rings (SSSR count). The van der Waals surface area contributed by atoms with Crippen molar-refractivity contribution in [3.8, 4) is 17.2 Å². The third-order valence-electron chi connectivity index (χ3n) is 3.60. The molecule has 2 aromatic heterocycles. The number of carbonyl (C=O) groups excluding carboxylic acids is 1. The van der Waals surface area contributed by atoms with Gasteiger partial charge in [0, 0.05) is 18.3 Å². The van der Waals surface area contributed by atoms with Crippen molar-refractivity contribution < 1.29 is 40.6 Å². The summed E-state index contributed by atoms with van der Waals surface area (Å²) in [5.74, 6) is -2.51. The summed E-state index contributed by atoms with van der Waals surface area (Å²) in [6, 6.07) is 4.35. The van der Waals surface area contributed by atoms with Crippen molar-refractivity contribution in [3.63, 3.8) is 0 Å². The van der Waals surface area contributed by atoms with E-state index in [2.05, 4.69) is 25.2 Å². The number of nitrogens with zero attached hydrogens (tertiary/aromatic N) is 3. The molecule has 1 amide bonds. The molecular formula is C18H9ClF6N4O3. The zero-order valence-corrected chi connectivity index (χ0v) is 16.1. The Kier molecular flexibility index (Phi) is 6.39. The van der Waals surface area contributed by atoms with Crippen molar-refractivity contribution in [3.05, 3.63) is 65.2 Å². The van der Waals surface area contributed by atoms with Gasteiger partial charge in [0.1, 0.15) is 28.5 Å². The number of nitrogens with one attached hydrogen (secondary N) is 1. The van der Waals surface area contributed by atoms with Crippen LogP contribution in [0.3, 0.4) is 0 Å². The lowest BCUT2D eigenvalue weighted by molar-refractivity contribution is -0.274. The molecule has 0 aliphatic carbocycles. The smallest absolute Gasteiger partial charge is 0.455 e. The van der Waals surface area contributed by atoms with Gasteiger partial charge in [0.2, 0.25) is 0 Å². The van der Waals surface area contributed by atoms with Crippen LogP contribution in [0.1, 0.15) is 16.1 Å². The number of halogens is 7. The summed E-state index contributed by atoms with van der Waals surface area (Å²) >= 11 is 5.87. The van der Waals surface area contributed by atoms with Gasteiger partial charge in [-0.1, -0.05) is 11.6 Å². The first-order valence-electron chi connectivity index (χ1n) is 8.31. The van der Waals surface area contributed by atoms with E-state index < -0.39 is 46.2 Å². The van der Waals surface area contributed by atoms with Crippen molar-refractivity contribution in [2.75, 3.05) is 5.32 Å². The Labute approximate surface area is 180 Å². The minimum absolute atomic E-state index is 0.183. The van der Waals surface area contributed by atoms with Gasteiger partial charge in [-0.25, -0.2) is 0 Å². The average Bonchev–Trinajstić information content (AvgIpc) is 2.69. The minimum atomic E-state index is -4.98. The highest BCUT2D eigenvalue weighted by atomic mass is 35.5. The zero-order valence-electron chi connectivity index (χ0n) is 15.3. The maximum absolute atomic E-state index is 13.1. The summed E-state index contributed by atoms with van der Waals surface area (Å²) < 4.78 is 85.3. The number of rotatable bonds is 5. The molecule has 7 nitrogen and oxygen atoms in total. The van der Waals surface area contributed by atoms with Crippen LogP contribution in [0, 0.1) is 0 Å². The summed E-state index contributed by atoms with van der Waals surface area (Å²) in [5.41, 5.74) is -1.60. The average molecular weight is 479 g/mol. The maximum Gasteiger partial charge on any atom is 0.573 e. The Morgan fingerprint density at radius 1 is 0.969 bits per heavy atom. The molecule has 168 valence electrons. The molecule has 0 atom stereocenters. The zero-order chi connectivity index (χ0) is 23.5. The van der Waals surface area contributed by atoms with Crippen LogP contribution < -0.4 is 14.8 Å². The van der Waals surface area contributed by atoms with Gasteiger partial charge < -0.3 is 14.8 Å². The number of pyridine rings is 1. The van der Waals surface area contributed by atoms with Gasteiger partial charge >= 0.3 is 12.5 Å². The van der Waals surface area contributed by atoms with Gasteiger partial charge in [-0.05, 0) is 18.2 Å². The number of hydrogen-bond acceptors (Lipinski definition) is 6. The SMILES string of the molecule is O=C(Nc1ccnnc1)c1cnc(C(F)(F)F)cc1Oc1ccc(OC(F)(F)F)cc1Cl. The molecule has 3 aromatic rings. The molecule has 0 radical (unpaired) electrons. The molecule has 0 bridgehead atoms. The van der Waals surface area contributed by atoms with Crippen LogP contribution in [0.4, 0.5) is 32.0 Å². The normalized spacial score (nSPS) is 11.7. The molecule has 0 spiro atoms. The molecule has 0 aliphatic heterocycles. The molecule has 0 unspecified atom stereocenters. The second-order valence-corrected chi connectivity index (χ2v) is 6.30. The second-order valence-electron chi connectivity index (χ2n) is 5.89. The molecule has 1 aromatic carbocycles. The summed E-state index contributed by atoms with van der Waals surface area (Å²) in [7, 11) is 0. The number of benzene rings is 1. The quantitative estimate of drug-likeness (QED) is 0.488. The topological polar surface area (TPSA) is 86.2 Å². The fourth-order valence-electron chi connectivity index (χ4n) is 2.29. The molecular weight excluding hydrogens is 470 g/mol. The van der Waals surface area contributed by atoms with Crippen LogP contribution in [0.5, 0.6) is 17.2 Å². The lowest BCUT2D eigenvalue weighted by Crippen LogP contribution is -2.17. The first kappa shape index (κ1) is 23.1. The number of carbonyl (C=O) groups is 1. The Hall–Kier alpha value is -3.61. The molecule has 0 saturated carbocycles. The van der Waals surface area contributed by atoms with E-state index in [0.717, 1.165) is 18.2 Å². The van der Waals surface area contributed by atoms with Crippen LogP contribution >= 0.6 is 11.6 Å². The van der Waals surface area contributed by atoms with Crippen LogP contribution in [0.25, 0.3) is 0 Å². The standard InChI is InChI=1S/C18H9ClF6N4O3/c19-12-5-10(32-18(23,24)25)1-2-13(12)31-14-6-15(17(20,21)22)26-8-11(14)16(30)29-9-3-4-27-28-7-9/h1-8H,(H,27,29,30). The van der Waals surface area contributed by atoms with E-state index in [1.165, 1.54) is 18.5 Å². The Morgan fingerprint density at radius 2 is 1.72 bits per heavy atom. The lowest BCUT2D eigenvalue weighted by atomic mass is 10.2. The number of aromatic nitrogens is 3. The Bertz CT molecular complexity index is 1130. The third kappa shape index (κ3) is 5.97. The number of anilines is 1. The van der Waals surface area contributed by atoms with Crippen LogP contribution in [-0.2, 0) is 6.18 Å². The predicted octanol–water partition coefficient (Wildman–Crippen LogP) is 5.49. The van der Waals surface area contributed by atoms with Crippen molar-refractivity contribution in [2.45, 2.75) is 12.5 Å². The fraction of sp³-hybridized carbons (Fsp3) is 0.111. The van der Waals surface area contributed by atoms with Crippen molar-refractivity contribution in [2.24, 2.45) is 0 Å². The number of hydrogen-bond donors (Lipinski definition) is 1.